The quantitative estimate of drug-likeness (QED) is 0.0929. The minimum Gasteiger partial charge on any atom is -0.378 e. The Kier molecular flexibility index (Phi) is 11.2. The molecule has 0 spiro atoms. The molecular weight excluding hydrogens is 574 g/mol. The zero-order chi connectivity index (χ0) is 30.0. The molecule has 0 unspecified atom stereocenters. The highest BCUT2D eigenvalue weighted by atomic mass is 35.5. The molecule has 0 saturated heterocycles. The molecule has 42 heavy (non-hydrogen) atoms. The molecule has 11 nitrogen and oxygen atoms in total. The van der Waals surface area contributed by atoms with Gasteiger partial charge in [0.2, 0.25) is 0 Å². The van der Waals surface area contributed by atoms with Crippen LogP contribution in [0.4, 0.5) is 11.6 Å². The first-order valence-corrected chi connectivity index (χ1v) is 17.9. The number of carbonyl (C=O) groups is 1. The highest BCUT2D eigenvalue weighted by Gasteiger charge is 2.13. The number of carbonyl (C=O) groups excluding carboxylic acids is 1. The molecular formula is C29H36ClN7O4Si. The lowest BCUT2D eigenvalue weighted by molar-refractivity contribution is -0.121. The molecule has 0 aliphatic carbocycles. The number of aromatic nitrogens is 5. The van der Waals surface area contributed by atoms with Gasteiger partial charge >= 0.3 is 0 Å². The number of hydrogen-bond donors (Lipinski definition) is 2. The van der Waals surface area contributed by atoms with Gasteiger partial charge in [-0.3, -0.25) is 4.79 Å². The van der Waals surface area contributed by atoms with E-state index in [2.05, 4.69) is 62.4 Å². The summed E-state index contributed by atoms with van der Waals surface area (Å²) < 4.78 is 18.2. The first-order chi connectivity index (χ1) is 20.3. The molecule has 2 N–H and O–H groups in total. The maximum absolute atomic E-state index is 12.4. The van der Waals surface area contributed by atoms with Crippen LogP contribution in [-0.4, -0.2) is 84.9 Å². The maximum atomic E-state index is 12.4. The molecule has 13 heteroatoms. The minimum absolute atomic E-state index is 0.119. The fourth-order valence-electron chi connectivity index (χ4n) is 3.93. The largest absolute Gasteiger partial charge is 0.378 e. The van der Waals surface area contributed by atoms with E-state index in [1.807, 2.05) is 18.2 Å². The van der Waals surface area contributed by atoms with Crippen LogP contribution < -0.4 is 10.6 Å². The van der Waals surface area contributed by atoms with Crippen molar-refractivity contribution in [3.05, 3.63) is 47.8 Å². The normalized spacial score (nSPS) is 11.5. The van der Waals surface area contributed by atoms with Crippen LogP contribution in [0, 0.1) is 11.8 Å². The molecule has 1 aromatic carbocycles. The van der Waals surface area contributed by atoms with Gasteiger partial charge in [0.1, 0.15) is 30.5 Å². The Hall–Kier alpha value is -3.60. The molecule has 0 fully saturated rings. The van der Waals surface area contributed by atoms with Crippen LogP contribution in [0.2, 0.25) is 25.7 Å². The molecule has 4 rings (SSSR count). The average Bonchev–Trinajstić information content (AvgIpc) is 3.37. The van der Waals surface area contributed by atoms with E-state index in [4.69, 9.17) is 25.8 Å². The van der Waals surface area contributed by atoms with Crippen LogP contribution in [0.5, 0.6) is 0 Å². The van der Waals surface area contributed by atoms with Crippen LogP contribution >= 0.6 is 11.6 Å². The Bertz CT molecular complexity index is 1580. The summed E-state index contributed by atoms with van der Waals surface area (Å²) in [6.45, 7) is 9.04. The van der Waals surface area contributed by atoms with E-state index in [9.17, 15) is 4.79 Å². The van der Waals surface area contributed by atoms with E-state index in [0.717, 1.165) is 33.4 Å². The van der Waals surface area contributed by atoms with Crippen LogP contribution in [-0.2, 0) is 25.7 Å². The van der Waals surface area contributed by atoms with Crippen molar-refractivity contribution in [2.24, 2.45) is 0 Å². The van der Waals surface area contributed by atoms with Crippen molar-refractivity contribution < 1.29 is 19.0 Å². The summed E-state index contributed by atoms with van der Waals surface area (Å²) >= 11 is 5.57. The van der Waals surface area contributed by atoms with E-state index in [0.29, 0.717) is 56.2 Å². The summed E-state index contributed by atoms with van der Waals surface area (Å²) in [5.74, 6) is 7.56. The predicted octanol–water partition coefficient (Wildman–Crippen LogP) is 4.34. The van der Waals surface area contributed by atoms with Crippen LogP contribution in [0.1, 0.15) is 11.1 Å². The number of rotatable bonds is 14. The number of hydrogen-bond acceptors (Lipinski definition) is 9. The van der Waals surface area contributed by atoms with Crippen LogP contribution in [0.25, 0.3) is 21.8 Å². The average molecular weight is 610 g/mol. The highest BCUT2D eigenvalue weighted by molar-refractivity contribution is 6.76. The molecule has 0 aliphatic heterocycles. The highest BCUT2D eigenvalue weighted by Crippen LogP contribution is 2.25. The summed E-state index contributed by atoms with van der Waals surface area (Å²) in [5, 5.41) is 16.0. The number of nitrogens with zero attached hydrogens (tertiary/aromatic N) is 5. The van der Waals surface area contributed by atoms with E-state index in [1.165, 1.54) is 0 Å². The Morgan fingerprint density at radius 3 is 2.62 bits per heavy atom. The van der Waals surface area contributed by atoms with Gasteiger partial charge < -0.3 is 24.8 Å². The molecule has 0 bridgehead atoms. The fourth-order valence-corrected chi connectivity index (χ4v) is 4.80. The third kappa shape index (κ3) is 8.95. The van der Waals surface area contributed by atoms with Gasteiger partial charge in [0.25, 0.3) is 5.91 Å². The second kappa shape index (κ2) is 15.0. The maximum Gasteiger partial charge on any atom is 0.251 e. The first-order valence-electron chi connectivity index (χ1n) is 13.7. The van der Waals surface area contributed by atoms with Gasteiger partial charge in [0.15, 0.2) is 0 Å². The van der Waals surface area contributed by atoms with Gasteiger partial charge in [-0.1, -0.05) is 36.7 Å². The number of fused-ring (bicyclic) bond motifs is 2. The summed E-state index contributed by atoms with van der Waals surface area (Å²) in [6, 6.07) is 8.66. The van der Waals surface area contributed by atoms with E-state index in [1.54, 1.807) is 30.2 Å². The Morgan fingerprint density at radius 1 is 1.00 bits per heavy atom. The molecule has 222 valence electrons. The Morgan fingerprint density at radius 2 is 1.83 bits per heavy atom. The zero-order valence-corrected chi connectivity index (χ0v) is 26.1. The summed E-state index contributed by atoms with van der Waals surface area (Å²) in [7, 11) is 0.640. The van der Waals surface area contributed by atoms with E-state index >= 15 is 0 Å². The Labute approximate surface area is 251 Å². The van der Waals surface area contributed by atoms with Crippen molar-refractivity contribution in [3.63, 3.8) is 0 Å². The molecule has 1 amide bonds. The monoisotopic (exact) mass is 609 g/mol. The third-order valence-electron chi connectivity index (χ3n) is 6.17. The van der Waals surface area contributed by atoms with Crippen molar-refractivity contribution in [3.8, 4) is 11.8 Å². The van der Waals surface area contributed by atoms with Crippen molar-refractivity contribution in [2.45, 2.75) is 32.4 Å². The summed E-state index contributed by atoms with van der Waals surface area (Å²) in [6.07, 6.45) is 3.36. The lowest BCUT2D eigenvalue weighted by Crippen LogP contribution is -2.22. The first kappa shape index (κ1) is 31.3. The van der Waals surface area contributed by atoms with Crippen molar-refractivity contribution in [1.29, 1.82) is 0 Å². The molecule has 0 radical (unpaired) electrons. The molecule has 0 saturated carbocycles. The predicted molar refractivity (Wildman–Crippen MR) is 168 cm³/mol. The zero-order valence-electron chi connectivity index (χ0n) is 24.4. The number of alkyl halides is 1. The van der Waals surface area contributed by atoms with Gasteiger partial charge in [-0.05, 0) is 30.3 Å². The topological polar surface area (TPSA) is 125 Å². The second-order valence-electron chi connectivity index (χ2n) is 10.7. The van der Waals surface area contributed by atoms with Gasteiger partial charge in [-0.15, -0.1) is 16.7 Å². The number of nitrogens with one attached hydrogen (secondary N) is 2. The number of anilines is 2. The van der Waals surface area contributed by atoms with E-state index < -0.39 is 8.07 Å². The van der Waals surface area contributed by atoms with Gasteiger partial charge in [-0.2, -0.15) is 0 Å². The lowest BCUT2D eigenvalue weighted by Gasteiger charge is -2.15. The van der Waals surface area contributed by atoms with Crippen LogP contribution in [0.15, 0.2) is 36.7 Å². The summed E-state index contributed by atoms with van der Waals surface area (Å²) in [4.78, 5) is 21.2. The standard InChI is InChI=1S/C29H36ClN7O4Si/c1-31-29-24-18-32-27(34-28(38)19-40-12-11-39-10-9-30)16-23(24)22(17-33-29)7-5-21-6-8-26-25(15-21)35-36-37(26)20-41-13-14-42(2,3)4/h6,8,15-18H,9-14,19-20H2,1-4H3,(H,31,33)(H,32,34,38). The van der Waals surface area contributed by atoms with Gasteiger partial charge in [-0.25, -0.2) is 14.6 Å². The number of amides is 1. The molecule has 0 aliphatic rings. The van der Waals surface area contributed by atoms with Gasteiger partial charge in [0.05, 0.1) is 30.9 Å². The SMILES string of the molecule is CNc1ncc(C#Cc2ccc3c(c2)nnn3COCC[Si](C)(C)C)c2cc(NC(=O)COCCOCCCl)ncc12. The fraction of sp³-hybridized carbons (Fsp3) is 0.414. The number of halogens is 1. The van der Waals surface area contributed by atoms with Crippen molar-refractivity contribution in [2.75, 3.05) is 56.6 Å². The molecule has 3 aromatic heterocycles. The van der Waals surface area contributed by atoms with Crippen molar-refractivity contribution >= 4 is 59.0 Å². The van der Waals surface area contributed by atoms with Crippen molar-refractivity contribution in [1.82, 2.24) is 25.0 Å². The second-order valence-corrected chi connectivity index (χ2v) is 16.7. The Balaban J connectivity index is 1.47. The number of pyridine rings is 2. The lowest BCUT2D eigenvalue weighted by atomic mass is 10.1. The third-order valence-corrected chi connectivity index (χ3v) is 8.03. The number of ether oxygens (including phenoxy) is 3. The smallest absolute Gasteiger partial charge is 0.251 e. The molecule has 0 atom stereocenters. The van der Waals surface area contributed by atoms with Crippen LogP contribution in [0.3, 0.4) is 0 Å². The molecule has 3 heterocycles. The molecule has 4 aromatic rings. The number of benzene rings is 1. The van der Waals surface area contributed by atoms with Gasteiger partial charge in [0, 0.05) is 56.3 Å². The van der Waals surface area contributed by atoms with E-state index in [-0.39, 0.29) is 12.5 Å². The summed E-state index contributed by atoms with van der Waals surface area (Å²) in [5.41, 5.74) is 3.10. The minimum atomic E-state index is -1.15.